The van der Waals surface area contributed by atoms with E-state index in [2.05, 4.69) is 15.0 Å². The van der Waals surface area contributed by atoms with Crippen LogP contribution in [0.25, 0.3) is 0 Å². The van der Waals surface area contributed by atoms with E-state index in [1.165, 1.54) is 25.5 Å². The molecule has 3 aliphatic rings. The van der Waals surface area contributed by atoms with Crippen LogP contribution in [0, 0.1) is 23.7 Å². The Morgan fingerprint density at radius 1 is 1.25 bits per heavy atom. The number of fused-ring (bicyclic) bond motifs is 5. The van der Waals surface area contributed by atoms with Gasteiger partial charge in [-0.15, -0.1) is 0 Å². The van der Waals surface area contributed by atoms with Gasteiger partial charge in [0.25, 0.3) is 10.0 Å². The van der Waals surface area contributed by atoms with Crippen LogP contribution in [0.2, 0.25) is 0 Å². The SMILES string of the molecule is CNc1cccnc1S(=O)(=O)NC1C2C3CCC(C3)C12. The number of rotatable bonds is 4. The van der Waals surface area contributed by atoms with Gasteiger partial charge in [0, 0.05) is 19.3 Å². The van der Waals surface area contributed by atoms with Gasteiger partial charge >= 0.3 is 0 Å². The molecule has 0 amide bonds. The summed E-state index contributed by atoms with van der Waals surface area (Å²) in [5, 5.41) is 3.00. The van der Waals surface area contributed by atoms with Gasteiger partial charge in [-0.1, -0.05) is 0 Å². The minimum Gasteiger partial charge on any atom is -0.386 e. The summed E-state index contributed by atoms with van der Waals surface area (Å²) >= 11 is 0. The fourth-order valence-corrected chi connectivity index (χ4v) is 5.96. The van der Waals surface area contributed by atoms with Crippen molar-refractivity contribution >= 4 is 15.7 Å². The van der Waals surface area contributed by atoms with Crippen LogP contribution in [0.5, 0.6) is 0 Å². The highest BCUT2D eigenvalue weighted by Gasteiger charge is 2.65. The molecule has 4 unspecified atom stereocenters. The normalized spacial score (nSPS) is 37.8. The van der Waals surface area contributed by atoms with E-state index >= 15 is 0 Å². The number of sulfonamides is 1. The van der Waals surface area contributed by atoms with Gasteiger partial charge in [0.05, 0.1) is 5.69 Å². The number of hydrogen-bond acceptors (Lipinski definition) is 4. The molecule has 1 heterocycles. The third-order valence-electron chi connectivity index (χ3n) is 5.32. The fraction of sp³-hybridized carbons (Fsp3) is 0.643. The van der Waals surface area contributed by atoms with Crippen molar-refractivity contribution in [1.29, 1.82) is 0 Å². The van der Waals surface area contributed by atoms with Crippen LogP contribution < -0.4 is 10.0 Å². The topological polar surface area (TPSA) is 71.1 Å². The lowest BCUT2D eigenvalue weighted by molar-refractivity contribution is 0.456. The summed E-state index contributed by atoms with van der Waals surface area (Å²) in [6.45, 7) is 0. The Morgan fingerprint density at radius 3 is 2.60 bits per heavy atom. The molecule has 0 saturated heterocycles. The number of anilines is 1. The zero-order valence-electron chi connectivity index (χ0n) is 11.4. The molecule has 20 heavy (non-hydrogen) atoms. The van der Waals surface area contributed by atoms with Crippen molar-refractivity contribution in [1.82, 2.24) is 9.71 Å². The molecule has 1 aromatic rings. The van der Waals surface area contributed by atoms with Gasteiger partial charge in [-0.2, -0.15) is 0 Å². The van der Waals surface area contributed by atoms with Crippen LogP contribution in [0.4, 0.5) is 5.69 Å². The van der Waals surface area contributed by atoms with E-state index in [1.54, 1.807) is 19.2 Å². The van der Waals surface area contributed by atoms with Gasteiger partial charge in [-0.05, 0) is 55.1 Å². The second kappa shape index (κ2) is 4.18. The molecule has 0 radical (unpaired) electrons. The lowest BCUT2D eigenvalue weighted by Gasteiger charge is -2.12. The monoisotopic (exact) mass is 293 g/mol. The van der Waals surface area contributed by atoms with Crippen molar-refractivity contribution in [3.05, 3.63) is 18.3 Å². The molecular weight excluding hydrogens is 274 g/mol. The molecule has 2 N–H and O–H groups in total. The van der Waals surface area contributed by atoms with E-state index in [0.29, 0.717) is 17.5 Å². The zero-order valence-corrected chi connectivity index (χ0v) is 12.2. The summed E-state index contributed by atoms with van der Waals surface area (Å²) in [6, 6.07) is 3.62. The van der Waals surface area contributed by atoms with Gasteiger partial charge < -0.3 is 5.32 Å². The highest BCUT2D eigenvalue weighted by atomic mass is 32.2. The summed E-state index contributed by atoms with van der Waals surface area (Å²) in [5.74, 6) is 2.69. The number of pyridine rings is 1. The van der Waals surface area contributed by atoms with E-state index in [-0.39, 0.29) is 11.1 Å². The van der Waals surface area contributed by atoms with Crippen molar-refractivity contribution in [2.75, 3.05) is 12.4 Å². The number of nitrogens with zero attached hydrogens (tertiary/aromatic N) is 1. The summed E-state index contributed by atoms with van der Waals surface area (Å²) in [6.07, 6.45) is 5.41. The largest absolute Gasteiger partial charge is 0.386 e. The van der Waals surface area contributed by atoms with Crippen molar-refractivity contribution in [2.45, 2.75) is 30.3 Å². The smallest absolute Gasteiger partial charge is 0.260 e. The summed E-state index contributed by atoms with van der Waals surface area (Å²) in [7, 11) is -1.81. The maximum absolute atomic E-state index is 12.5. The lowest BCUT2D eigenvalue weighted by atomic mass is 10.0. The van der Waals surface area contributed by atoms with Gasteiger partial charge in [0.1, 0.15) is 0 Å². The highest BCUT2D eigenvalue weighted by Crippen LogP contribution is 2.65. The van der Waals surface area contributed by atoms with E-state index in [9.17, 15) is 8.42 Å². The Kier molecular flexibility index (Phi) is 2.63. The van der Waals surface area contributed by atoms with E-state index in [1.807, 2.05) is 0 Å². The van der Waals surface area contributed by atoms with Crippen molar-refractivity contribution in [3.8, 4) is 0 Å². The second-order valence-electron chi connectivity index (χ2n) is 6.24. The minimum absolute atomic E-state index is 0.111. The summed E-state index contributed by atoms with van der Waals surface area (Å²) in [4.78, 5) is 4.04. The van der Waals surface area contributed by atoms with Crippen molar-refractivity contribution in [2.24, 2.45) is 23.7 Å². The summed E-state index contributed by atoms with van der Waals surface area (Å²) < 4.78 is 27.9. The number of hydrogen-bond donors (Lipinski definition) is 2. The Labute approximate surface area is 119 Å². The van der Waals surface area contributed by atoms with E-state index < -0.39 is 10.0 Å². The quantitative estimate of drug-likeness (QED) is 0.881. The molecule has 0 spiro atoms. The van der Waals surface area contributed by atoms with Crippen LogP contribution in [-0.4, -0.2) is 26.5 Å². The van der Waals surface area contributed by atoms with Gasteiger partial charge in [0.2, 0.25) is 0 Å². The maximum atomic E-state index is 12.5. The average Bonchev–Trinajstić information content (AvgIpc) is 2.85. The van der Waals surface area contributed by atoms with Crippen LogP contribution in [0.1, 0.15) is 19.3 Å². The molecule has 4 rings (SSSR count). The van der Waals surface area contributed by atoms with Crippen LogP contribution >= 0.6 is 0 Å². The van der Waals surface area contributed by atoms with Gasteiger partial charge in [-0.3, -0.25) is 0 Å². The second-order valence-corrected chi connectivity index (χ2v) is 7.87. The number of aromatic nitrogens is 1. The van der Waals surface area contributed by atoms with E-state index in [4.69, 9.17) is 0 Å². The predicted octanol–water partition coefficient (Wildman–Crippen LogP) is 1.45. The molecule has 3 saturated carbocycles. The van der Waals surface area contributed by atoms with Gasteiger partial charge in [-0.25, -0.2) is 18.1 Å². The first-order valence-corrected chi connectivity index (χ1v) is 8.75. The maximum Gasteiger partial charge on any atom is 0.260 e. The fourth-order valence-electron chi connectivity index (χ4n) is 4.51. The molecule has 5 nitrogen and oxygen atoms in total. The molecule has 3 fully saturated rings. The van der Waals surface area contributed by atoms with Gasteiger partial charge in [0.15, 0.2) is 5.03 Å². The Hall–Kier alpha value is -1.14. The summed E-state index contributed by atoms with van der Waals surface area (Å²) in [5.41, 5.74) is 0.550. The van der Waals surface area contributed by atoms with Crippen LogP contribution in [-0.2, 0) is 10.0 Å². The molecule has 3 aliphatic carbocycles. The van der Waals surface area contributed by atoms with Crippen molar-refractivity contribution < 1.29 is 8.42 Å². The molecule has 0 aromatic carbocycles. The molecule has 2 bridgehead atoms. The Bertz CT molecular complexity index is 630. The molecule has 108 valence electrons. The first kappa shape index (κ1) is 12.6. The molecular formula is C14H19N3O2S. The first-order chi connectivity index (χ1) is 9.62. The lowest BCUT2D eigenvalue weighted by Crippen LogP contribution is -2.31. The molecule has 0 aliphatic heterocycles. The number of nitrogens with one attached hydrogen (secondary N) is 2. The van der Waals surface area contributed by atoms with Crippen LogP contribution in [0.15, 0.2) is 23.4 Å². The third-order valence-corrected chi connectivity index (χ3v) is 6.74. The molecule has 6 heteroatoms. The van der Waals surface area contributed by atoms with Crippen molar-refractivity contribution in [3.63, 3.8) is 0 Å². The highest BCUT2D eigenvalue weighted by molar-refractivity contribution is 7.89. The average molecular weight is 293 g/mol. The minimum atomic E-state index is -3.52. The predicted molar refractivity (Wildman–Crippen MR) is 75.7 cm³/mol. The van der Waals surface area contributed by atoms with E-state index in [0.717, 1.165) is 11.8 Å². The standard InChI is InChI=1S/C14H19N3O2S/c1-15-10-3-2-6-16-14(10)20(18,19)17-13-11-8-4-5-9(7-8)12(11)13/h2-3,6,8-9,11-13,15,17H,4-5,7H2,1H3. The molecule has 1 aromatic heterocycles. The Morgan fingerprint density at radius 2 is 1.95 bits per heavy atom. The van der Waals surface area contributed by atoms with Crippen LogP contribution in [0.3, 0.4) is 0 Å². The molecule has 4 atom stereocenters. The zero-order chi connectivity index (χ0) is 13.9. The first-order valence-electron chi connectivity index (χ1n) is 7.27. The third kappa shape index (κ3) is 1.71. The Balaban J connectivity index is 1.57.